The van der Waals surface area contributed by atoms with Crippen LogP contribution < -0.4 is 5.73 Å². The highest BCUT2D eigenvalue weighted by Crippen LogP contribution is 2.27. The van der Waals surface area contributed by atoms with Crippen LogP contribution in [0.1, 0.15) is 10.4 Å². The molecule has 1 aromatic carbocycles. The Morgan fingerprint density at radius 1 is 1.11 bits per heavy atom. The largest absolute Gasteiger partial charge is 0.366 e. The number of nitrogens with two attached hydrogens (primary N) is 1. The third kappa shape index (κ3) is 1.91. The number of carbonyl (C=O) groups excluding carboxylic acids is 1. The molecule has 0 spiro atoms. The number of benzene rings is 1. The first-order chi connectivity index (χ1) is 9.27. The second-order valence-electron chi connectivity index (χ2n) is 4.02. The van der Waals surface area contributed by atoms with Gasteiger partial charge in [-0.1, -0.05) is 12.1 Å². The summed E-state index contributed by atoms with van der Waals surface area (Å²) < 4.78 is 0. The van der Waals surface area contributed by atoms with Crippen molar-refractivity contribution in [1.29, 1.82) is 0 Å². The van der Waals surface area contributed by atoms with Gasteiger partial charge in [0.15, 0.2) is 0 Å². The SMILES string of the molecule is NC(=O)c1cccnc1-c1cccc2ncncc12. The predicted molar refractivity (Wildman–Crippen MR) is 71.3 cm³/mol. The second-order valence-corrected chi connectivity index (χ2v) is 4.02. The summed E-state index contributed by atoms with van der Waals surface area (Å²) in [4.78, 5) is 24.0. The van der Waals surface area contributed by atoms with Gasteiger partial charge in [0.05, 0.1) is 16.8 Å². The number of aromatic nitrogens is 3. The van der Waals surface area contributed by atoms with Crippen LogP contribution >= 0.6 is 0 Å². The lowest BCUT2D eigenvalue weighted by Crippen LogP contribution is -2.13. The minimum atomic E-state index is -0.503. The van der Waals surface area contributed by atoms with E-state index in [2.05, 4.69) is 15.0 Å². The van der Waals surface area contributed by atoms with Crippen molar-refractivity contribution in [2.45, 2.75) is 0 Å². The van der Waals surface area contributed by atoms with Crippen molar-refractivity contribution >= 4 is 16.8 Å². The maximum absolute atomic E-state index is 11.5. The quantitative estimate of drug-likeness (QED) is 0.751. The maximum Gasteiger partial charge on any atom is 0.250 e. The summed E-state index contributed by atoms with van der Waals surface area (Å²) >= 11 is 0. The molecule has 5 nitrogen and oxygen atoms in total. The lowest BCUT2D eigenvalue weighted by atomic mass is 10.0. The van der Waals surface area contributed by atoms with Crippen molar-refractivity contribution in [3.8, 4) is 11.3 Å². The van der Waals surface area contributed by atoms with Crippen LogP contribution in [-0.2, 0) is 0 Å². The summed E-state index contributed by atoms with van der Waals surface area (Å²) in [6.45, 7) is 0. The minimum absolute atomic E-state index is 0.388. The first kappa shape index (κ1) is 11.3. The fourth-order valence-electron chi connectivity index (χ4n) is 2.03. The van der Waals surface area contributed by atoms with Gasteiger partial charge in [0.1, 0.15) is 6.33 Å². The van der Waals surface area contributed by atoms with Gasteiger partial charge in [-0.15, -0.1) is 0 Å². The van der Waals surface area contributed by atoms with Gasteiger partial charge in [0.25, 0.3) is 5.91 Å². The van der Waals surface area contributed by atoms with Crippen molar-refractivity contribution in [2.75, 3.05) is 0 Å². The molecule has 92 valence electrons. The molecule has 0 unspecified atom stereocenters. The molecule has 0 fully saturated rings. The first-order valence-corrected chi connectivity index (χ1v) is 5.71. The molecule has 3 aromatic rings. The molecule has 0 aliphatic rings. The summed E-state index contributed by atoms with van der Waals surface area (Å²) in [6.07, 6.45) is 4.82. The maximum atomic E-state index is 11.5. The Kier molecular flexibility index (Phi) is 2.64. The number of fused-ring (bicyclic) bond motifs is 1. The molecule has 3 rings (SSSR count). The number of rotatable bonds is 2. The van der Waals surface area contributed by atoms with Gasteiger partial charge in [-0.2, -0.15) is 0 Å². The van der Waals surface area contributed by atoms with E-state index in [0.717, 1.165) is 16.5 Å². The monoisotopic (exact) mass is 250 g/mol. The van der Waals surface area contributed by atoms with Crippen molar-refractivity contribution in [3.05, 3.63) is 54.6 Å². The number of carbonyl (C=O) groups is 1. The van der Waals surface area contributed by atoms with Crippen LogP contribution in [0.2, 0.25) is 0 Å². The van der Waals surface area contributed by atoms with E-state index in [4.69, 9.17) is 5.73 Å². The summed E-state index contributed by atoms with van der Waals surface area (Å²) in [5.74, 6) is -0.503. The zero-order valence-corrected chi connectivity index (χ0v) is 9.95. The Labute approximate surface area is 109 Å². The molecule has 0 atom stereocenters. The van der Waals surface area contributed by atoms with E-state index >= 15 is 0 Å². The van der Waals surface area contributed by atoms with Crippen molar-refractivity contribution in [1.82, 2.24) is 15.0 Å². The molecule has 19 heavy (non-hydrogen) atoms. The van der Waals surface area contributed by atoms with E-state index in [9.17, 15) is 4.79 Å². The number of amides is 1. The Hall–Kier alpha value is -2.82. The summed E-state index contributed by atoms with van der Waals surface area (Å²) in [5, 5.41) is 0.839. The average molecular weight is 250 g/mol. The van der Waals surface area contributed by atoms with E-state index < -0.39 is 5.91 Å². The molecule has 0 aliphatic heterocycles. The van der Waals surface area contributed by atoms with Crippen LogP contribution in [0.15, 0.2) is 49.1 Å². The van der Waals surface area contributed by atoms with Crippen molar-refractivity contribution < 1.29 is 4.79 Å². The number of hydrogen-bond donors (Lipinski definition) is 1. The minimum Gasteiger partial charge on any atom is -0.366 e. The second kappa shape index (κ2) is 4.45. The van der Waals surface area contributed by atoms with Crippen molar-refractivity contribution in [3.63, 3.8) is 0 Å². The third-order valence-electron chi connectivity index (χ3n) is 2.88. The highest BCUT2D eigenvalue weighted by Gasteiger charge is 2.13. The summed E-state index contributed by atoms with van der Waals surface area (Å²) in [7, 11) is 0. The van der Waals surface area contributed by atoms with Crippen LogP contribution in [0, 0.1) is 0 Å². The van der Waals surface area contributed by atoms with Crippen molar-refractivity contribution in [2.24, 2.45) is 5.73 Å². The highest BCUT2D eigenvalue weighted by molar-refractivity contribution is 6.03. The number of nitrogens with zero attached hydrogens (tertiary/aromatic N) is 3. The molecular weight excluding hydrogens is 240 g/mol. The van der Waals surface area contributed by atoms with E-state index in [1.165, 1.54) is 6.33 Å². The Morgan fingerprint density at radius 3 is 2.84 bits per heavy atom. The topological polar surface area (TPSA) is 81.8 Å². The van der Waals surface area contributed by atoms with Gasteiger partial charge in [0, 0.05) is 23.3 Å². The Morgan fingerprint density at radius 2 is 2.00 bits per heavy atom. The molecule has 2 aromatic heterocycles. The summed E-state index contributed by atoms with van der Waals surface area (Å²) in [5.41, 5.74) is 7.92. The average Bonchev–Trinajstić information content (AvgIpc) is 2.46. The first-order valence-electron chi connectivity index (χ1n) is 5.71. The zero-order valence-electron chi connectivity index (χ0n) is 9.95. The van der Waals surface area contributed by atoms with Gasteiger partial charge >= 0.3 is 0 Å². The van der Waals surface area contributed by atoms with Gasteiger partial charge in [-0.25, -0.2) is 9.97 Å². The molecule has 0 bridgehead atoms. The van der Waals surface area contributed by atoms with E-state index in [1.54, 1.807) is 24.5 Å². The van der Waals surface area contributed by atoms with Gasteiger partial charge in [-0.3, -0.25) is 9.78 Å². The third-order valence-corrected chi connectivity index (χ3v) is 2.88. The number of hydrogen-bond acceptors (Lipinski definition) is 4. The lowest BCUT2D eigenvalue weighted by molar-refractivity contribution is 0.100. The van der Waals surface area contributed by atoms with Gasteiger partial charge < -0.3 is 5.73 Å². The predicted octanol–water partition coefficient (Wildman–Crippen LogP) is 1.79. The molecule has 0 aliphatic carbocycles. The lowest BCUT2D eigenvalue weighted by Gasteiger charge is -2.08. The van der Waals surface area contributed by atoms with E-state index in [1.807, 2.05) is 18.2 Å². The van der Waals surface area contributed by atoms with Gasteiger partial charge in [-0.05, 0) is 18.2 Å². The van der Waals surface area contributed by atoms with Crippen LogP contribution in [0.25, 0.3) is 22.2 Å². The van der Waals surface area contributed by atoms with E-state index in [0.29, 0.717) is 11.3 Å². The van der Waals surface area contributed by atoms with Crippen LogP contribution in [0.3, 0.4) is 0 Å². The Bertz CT molecular complexity index is 765. The fourth-order valence-corrected chi connectivity index (χ4v) is 2.03. The summed E-state index contributed by atoms with van der Waals surface area (Å²) in [6, 6.07) is 8.97. The van der Waals surface area contributed by atoms with Crippen LogP contribution in [0.5, 0.6) is 0 Å². The van der Waals surface area contributed by atoms with Crippen LogP contribution in [0.4, 0.5) is 0 Å². The standard InChI is InChI=1S/C14H10N4O/c15-14(19)10-4-2-6-17-13(10)9-3-1-5-12-11(9)7-16-8-18-12/h1-8H,(H2,15,19). The fraction of sp³-hybridized carbons (Fsp3) is 0. The van der Waals surface area contributed by atoms with E-state index in [-0.39, 0.29) is 0 Å². The number of pyridine rings is 1. The smallest absolute Gasteiger partial charge is 0.250 e. The normalized spacial score (nSPS) is 10.5. The highest BCUT2D eigenvalue weighted by atomic mass is 16.1. The molecule has 0 radical (unpaired) electrons. The molecule has 5 heteroatoms. The number of primary amides is 1. The zero-order chi connectivity index (χ0) is 13.2. The molecule has 1 amide bonds. The molecular formula is C14H10N4O. The molecule has 2 heterocycles. The molecule has 0 saturated heterocycles. The molecule has 2 N–H and O–H groups in total. The molecule has 0 saturated carbocycles. The van der Waals surface area contributed by atoms with Crippen LogP contribution in [-0.4, -0.2) is 20.9 Å². The Balaban J connectivity index is 2.34. The van der Waals surface area contributed by atoms with Gasteiger partial charge in [0.2, 0.25) is 0 Å².